The zero-order valence-electron chi connectivity index (χ0n) is 19.4. The number of rotatable bonds is 3. The van der Waals surface area contributed by atoms with E-state index in [1.807, 2.05) is 6.20 Å². The number of nitrogens with zero attached hydrogens (tertiary/aromatic N) is 3. The summed E-state index contributed by atoms with van der Waals surface area (Å²) in [6.45, 7) is 12.7. The molecule has 1 aliphatic rings. The lowest BCUT2D eigenvalue weighted by molar-refractivity contribution is 0.0902. The molecule has 3 heterocycles. The average molecular weight is 470 g/mol. The van der Waals surface area contributed by atoms with Crippen LogP contribution in [-0.4, -0.2) is 46.8 Å². The number of carboxylic acid groups (broad SMARTS) is 1. The Morgan fingerprint density at radius 2 is 1.94 bits per heavy atom. The Hall–Kier alpha value is -2.25. The van der Waals surface area contributed by atoms with Crippen LogP contribution in [0.4, 0.5) is 10.6 Å². The number of thiophene rings is 1. The van der Waals surface area contributed by atoms with Gasteiger partial charge in [-0.2, -0.15) is 0 Å². The molecule has 7 heteroatoms. The second kappa shape index (κ2) is 8.94. The first-order valence-corrected chi connectivity index (χ1v) is 12.6. The summed E-state index contributed by atoms with van der Waals surface area (Å²) in [7, 11) is 0. The van der Waals surface area contributed by atoms with Crippen molar-refractivity contribution in [1.82, 2.24) is 9.88 Å². The van der Waals surface area contributed by atoms with E-state index >= 15 is 0 Å². The summed E-state index contributed by atoms with van der Waals surface area (Å²) in [6, 6.07) is 10.8. The van der Waals surface area contributed by atoms with E-state index in [9.17, 15) is 9.90 Å². The topological polar surface area (TPSA) is 56.7 Å². The first-order valence-electron chi connectivity index (χ1n) is 11.0. The smallest absolute Gasteiger partial charge is 0.407 e. The third-order valence-corrected chi connectivity index (χ3v) is 8.44. The summed E-state index contributed by atoms with van der Waals surface area (Å²) in [5.74, 6) is 0.965. The number of hydrogen-bond acceptors (Lipinski definition) is 5. The van der Waals surface area contributed by atoms with Gasteiger partial charge in [-0.1, -0.05) is 38.6 Å². The predicted octanol–water partition coefficient (Wildman–Crippen LogP) is 6.67. The molecule has 5 nitrogen and oxygen atoms in total. The highest BCUT2D eigenvalue weighted by Crippen LogP contribution is 2.41. The highest BCUT2D eigenvalue weighted by Gasteiger charge is 2.37. The fraction of sp³-hybridized carbons (Fsp3) is 0.440. The number of aromatic nitrogens is 1. The lowest BCUT2D eigenvalue weighted by atomic mass is 9.85. The Morgan fingerprint density at radius 1 is 1.16 bits per heavy atom. The minimum absolute atomic E-state index is 0.0948. The maximum Gasteiger partial charge on any atom is 0.407 e. The van der Waals surface area contributed by atoms with Gasteiger partial charge in [0.1, 0.15) is 5.82 Å². The number of hydrogen-bond donors (Lipinski definition) is 1. The minimum Gasteiger partial charge on any atom is -0.465 e. The van der Waals surface area contributed by atoms with Crippen LogP contribution >= 0.6 is 23.1 Å². The Balaban J connectivity index is 1.66. The molecule has 170 valence electrons. The molecular formula is C25H31N3O2S2. The highest BCUT2D eigenvalue weighted by atomic mass is 32.2. The van der Waals surface area contributed by atoms with Crippen molar-refractivity contribution in [2.45, 2.75) is 56.2 Å². The van der Waals surface area contributed by atoms with E-state index < -0.39 is 6.09 Å². The molecule has 3 aromatic rings. The van der Waals surface area contributed by atoms with Gasteiger partial charge >= 0.3 is 6.09 Å². The summed E-state index contributed by atoms with van der Waals surface area (Å²) < 4.78 is 2.46. The van der Waals surface area contributed by atoms with Gasteiger partial charge in [-0.05, 0) is 61.1 Å². The van der Waals surface area contributed by atoms with Gasteiger partial charge in [0.15, 0.2) is 0 Å². The molecule has 0 saturated carbocycles. The molecule has 0 spiro atoms. The van der Waals surface area contributed by atoms with Gasteiger partial charge < -0.3 is 14.9 Å². The zero-order chi connectivity index (χ0) is 23.0. The van der Waals surface area contributed by atoms with Gasteiger partial charge in [-0.25, -0.2) is 9.78 Å². The van der Waals surface area contributed by atoms with Crippen LogP contribution in [0, 0.1) is 19.3 Å². The lowest BCUT2D eigenvalue weighted by Crippen LogP contribution is -2.51. The summed E-state index contributed by atoms with van der Waals surface area (Å²) in [4.78, 5) is 21.8. The van der Waals surface area contributed by atoms with Crippen LogP contribution < -0.4 is 4.90 Å². The third kappa shape index (κ3) is 4.74. The van der Waals surface area contributed by atoms with Crippen LogP contribution in [0.1, 0.15) is 38.3 Å². The fourth-order valence-corrected chi connectivity index (χ4v) is 6.56. The number of aryl methyl sites for hydroxylation is 2. The standard InChI is InChI=1S/C25H31N3O2S2/c1-16-7-8-18(13-17(16)2)31-22-14-19-20(32-22)9-10-26-23(19)27-11-6-12-28(24(29)30)21(15-27)25(3,4)5/h7-10,13-14,21H,6,11-12,15H2,1-5H3,(H,29,30). The number of carbonyl (C=O) groups is 1. The summed E-state index contributed by atoms with van der Waals surface area (Å²) in [5.41, 5.74) is 2.45. The van der Waals surface area contributed by atoms with Crippen molar-refractivity contribution in [3.8, 4) is 0 Å². The summed E-state index contributed by atoms with van der Waals surface area (Å²) in [6.07, 6.45) is 1.84. The van der Waals surface area contributed by atoms with Crippen LogP contribution in [-0.2, 0) is 0 Å². The third-order valence-electron chi connectivity index (χ3n) is 6.24. The molecule has 2 aromatic heterocycles. The Bertz CT molecular complexity index is 1140. The Kier molecular flexibility index (Phi) is 6.41. The van der Waals surface area contributed by atoms with Crippen molar-refractivity contribution in [2.24, 2.45) is 5.41 Å². The van der Waals surface area contributed by atoms with E-state index in [1.165, 1.54) is 24.9 Å². The number of amides is 1. The SMILES string of the molecule is Cc1ccc(Sc2cc3c(N4CCCN(C(=O)O)C(C(C)(C)C)C4)nccc3s2)cc1C. The normalized spacial score (nSPS) is 17.6. The number of pyridine rings is 1. The molecule has 1 atom stereocenters. The van der Waals surface area contributed by atoms with Gasteiger partial charge in [0.25, 0.3) is 0 Å². The number of benzene rings is 1. The largest absolute Gasteiger partial charge is 0.465 e. The minimum atomic E-state index is -0.833. The molecule has 0 bridgehead atoms. The first kappa shape index (κ1) is 22.9. The van der Waals surface area contributed by atoms with Crippen LogP contribution in [0.3, 0.4) is 0 Å². The molecule has 1 N–H and O–H groups in total. The molecule has 1 aromatic carbocycles. The van der Waals surface area contributed by atoms with E-state index in [1.54, 1.807) is 28.0 Å². The molecule has 1 unspecified atom stereocenters. The van der Waals surface area contributed by atoms with Crippen LogP contribution in [0.25, 0.3) is 10.1 Å². The lowest BCUT2D eigenvalue weighted by Gasteiger charge is -2.39. The summed E-state index contributed by atoms with van der Waals surface area (Å²) >= 11 is 3.58. The Labute approximate surface area is 198 Å². The molecule has 1 aliphatic heterocycles. The maximum atomic E-state index is 11.9. The van der Waals surface area contributed by atoms with Crippen molar-refractivity contribution < 1.29 is 9.90 Å². The molecule has 0 aliphatic carbocycles. The molecule has 1 amide bonds. The van der Waals surface area contributed by atoms with Crippen molar-refractivity contribution in [1.29, 1.82) is 0 Å². The molecular weight excluding hydrogens is 438 g/mol. The Morgan fingerprint density at radius 3 is 2.62 bits per heavy atom. The second-order valence-corrected chi connectivity index (χ2v) is 12.1. The van der Waals surface area contributed by atoms with Crippen molar-refractivity contribution in [2.75, 3.05) is 24.5 Å². The molecule has 32 heavy (non-hydrogen) atoms. The van der Waals surface area contributed by atoms with Crippen LogP contribution in [0.5, 0.6) is 0 Å². The molecule has 4 rings (SSSR count). The zero-order valence-corrected chi connectivity index (χ0v) is 21.0. The van der Waals surface area contributed by atoms with Gasteiger partial charge in [0, 0.05) is 40.8 Å². The van der Waals surface area contributed by atoms with Crippen molar-refractivity contribution >= 4 is 45.1 Å². The highest BCUT2D eigenvalue weighted by molar-refractivity contribution is 8.01. The van der Waals surface area contributed by atoms with Gasteiger partial charge in [-0.3, -0.25) is 0 Å². The fourth-order valence-electron chi connectivity index (χ4n) is 4.27. The van der Waals surface area contributed by atoms with E-state index in [0.717, 1.165) is 24.2 Å². The number of fused-ring (bicyclic) bond motifs is 1. The van der Waals surface area contributed by atoms with Gasteiger partial charge in [0.05, 0.1) is 10.3 Å². The van der Waals surface area contributed by atoms with Gasteiger partial charge in [-0.15, -0.1) is 11.3 Å². The van der Waals surface area contributed by atoms with Crippen LogP contribution in [0.2, 0.25) is 0 Å². The first-order chi connectivity index (χ1) is 15.1. The maximum absolute atomic E-state index is 11.9. The predicted molar refractivity (Wildman–Crippen MR) is 134 cm³/mol. The van der Waals surface area contributed by atoms with E-state index in [0.29, 0.717) is 13.1 Å². The van der Waals surface area contributed by atoms with Crippen molar-refractivity contribution in [3.05, 3.63) is 47.7 Å². The number of anilines is 1. The second-order valence-electron chi connectivity index (χ2n) is 9.62. The van der Waals surface area contributed by atoms with E-state index in [2.05, 4.69) is 69.9 Å². The van der Waals surface area contributed by atoms with E-state index in [-0.39, 0.29) is 11.5 Å². The quantitative estimate of drug-likeness (QED) is 0.464. The summed E-state index contributed by atoms with van der Waals surface area (Å²) in [5, 5.41) is 10.9. The molecule has 1 saturated heterocycles. The van der Waals surface area contributed by atoms with E-state index in [4.69, 9.17) is 4.98 Å². The monoisotopic (exact) mass is 469 g/mol. The molecule has 1 fully saturated rings. The van der Waals surface area contributed by atoms with Crippen LogP contribution in [0.15, 0.2) is 45.6 Å². The average Bonchev–Trinajstić information content (AvgIpc) is 2.98. The van der Waals surface area contributed by atoms with Gasteiger partial charge in [0.2, 0.25) is 0 Å². The van der Waals surface area contributed by atoms with Crippen molar-refractivity contribution in [3.63, 3.8) is 0 Å². The molecule has 0 radical (unpaired) electrons.